The van der Waals surface area contributed by atoms with Gasteiger partial charge in [0, 0.05) is 22.3 Å². The van der Waals surface area contributed by atoms with Crippen molar-refractivity contribution in [3.05, 3.63) is 76.8 Å². The van der Waals surface area contributed by atoms with Crippen molar-refractivity contribution >= 4 is 39.1 Å². The largest absolute Gasteiger partial charge is 0.497 e. The third-order valence-corrected chi connectivity index (χ3v) is 5.65. The molecule has 4 rings (SSSR count). The fourth-order valence-corrected chi connectivity index (χ4v) is 3.68. The van der Waals surface area contributed by atoms with Crippen LogP contribution in [0.15, 0.2) is 71.2 Å². The van der Waals surface area contributed by atoms with Crippen LogP contribution in [0, 0.1) is 0 Å². The molecule has 0 saturated heterocycles. The molecule has 3 aromatic carbocycles. The fraction of sp³-hybridized carbons (Fsp3) is 0.200. The molecule has 3 aromatic rings. The van der Waals surface area contributed by atoms with Crippen molar-refractivity contribution in [1.29, 1.82) is 0 Å². The third-order valence-electron chi connectivity index (χ3n) is 5.12. The average molecular weight is 511 g/mol. The van der Waals surface area contributed by atoms with Gasteiger partial charge in [0.1, 0.15) is 17.2 Å². The Kier molecular flexibility index (Phi) is 7.14. The molecule has 1 aliphatic rings. The smallest absolute Gasteiger partial charge is 0.265 e. The van der Waals surface area contributed by atoms with Gasteiger partial charge in [-0.2, -0.15) is 0 Å². The molecular weight excluding hydrogens is 488 g/mol. The second-order valence-corrected chi connectivity index (χ2v) is 8.27. The lowest BCUT2D eigenvalue weighted by Gasteiger charge is -2.30. The summed E-state index contributed by atoms with van der Waals surface area (Å²) >= 11 is 3.36. The van der Waals surface area contributed by atoms with E-state index in [1.807, 2.05) is 36.4 Å². The Bertz CT molecular complexity index is 1130. The van der Waals surface area contributed by atoms with Gasteiger partial charge in [0.25, 0.3) is 11.8 Å². The molecule has 1 heterocycles. The summed E-state index contributed by atoms with van der Waals surface area (Å²) in [5.41, 5.74) is 1.75. The zero-order valence-corrected chi connectivity index (χ0v) is 19.6. The van der Waals surface area contributed by atoms with Crippen LogP contribution in [0.25, 0.3) is 0 Å². The number of ether oxygens (including phenoxy) is 3. The number of nitrogens with one attached hydrogen (secondary N) is 1. The first-order valence-electron chi connectivity index (χ1n) is 10.4. The van der Waals surface area contributed by atoms with Crippen molar-refractivity contribution in [3.63, 3.8) is 0 Å². The zero-order chi connectivity index (χ0) is 23.2. The van der Waals surface area contributed by atoms with E-state index in [1.165, 1.54) is 0 Å². The summed E-state index contributed by atoms with van der Waals surface area (Å²) in [6.45, 7) is 0.901. The Morgan fingerprint density at radius 2 is 1.79 bits per heavy atom. The number of hydrogen-bond acceptors (Lipinski definition) is 5. The van der Waals surface area contributed by atoms with Gasteiger partial charge >= 0.3 is 0 Å². The molecule has 170 valence electrons. The number of benzene rings is 3. The first-order chi connectivity index (χ1) is 16.0. The molecule has 0 fully saturated rings. The number of amides is 2. The molecule has 33 heavy (non-hydrogen) atoms. The van der Waals surface area contributed by atoms with Crippen molar-refractivity contribution in [2.75, 3.05) is 37.1 Å². The monoisotopic (exact) mass is 510 g/mol. The Balaban J connectivity index is 1.39. The summed E-state index contributed by atoms with van der Waals surface area (Å²) in [6.07, 6.45) is 0.632. The summed E-state index contributed by atoms with van der Waals surface area (Å²) in [5, 5.41) is 2.88. The molecule has 1 aliphatic heterocycles. The van der Waals surface area contributed by atoms with E-state index >= 15 is 0 Å². The zero-order valence-electron chi connectivity index (χ0n) is 18.0. The van der Waals surface area contributed by atoms with Crippen LogP contribution in [0.2, 0.25) is 0 Å². The maximum Gasteiger partial charge on any atom is 0.265 e. The minimum atomic E-state index is -0.232. The Hall–Kier alpha value is -3.52. The number of nitrogens with zero attached hydrogens (tertiary/aromatic N) is 1. The number of methoxy groups -OCH3 is 1. The van der Waals surface area contributed by atoms with Crippen molar-refractivity contribution in [3.8, 4) is 17.2 Å². The molecule has 0 radical (unpaired) electrons. The van der Waals surface area contributed by atoms with Gasteiger partial charge in [-0.15, -0.1) is 0 Å². The number of halogens is 1. The molecule has 0 aliphatic carbocycles. The van der Waals surface area contributed by atoms with Crippen molar-refractivity contribution < 1.29 is 23.8 Å². The summed E-state index contributed by atoms with van der Waals surface area (Å²) in [7, 11) is 1.62. The number of rotatable bonds is 8. The lowest BCUT2D eigenvalue weighted by molar-refractivity contribution is -0.121. The second-order valence-electron chi connectivity index (χ2n) is 7.36. The van der Waals surface area contributed by atoms with E-state index in [4.69, 9.17) is 14.2 Å². The van der Waals surface area contributed by atoms with E-state index in [-0.39, 0.29) is 18.4 Å². The Labute approximate surface area is 200 Å². The summed E-state index contributed by atoms with van der Waals surface area (Å²) in [6, 6.07) is 19.7. The number of anilines is 2. The molecule has 0 spiro atoms. The maximum atomic E-state index is 12.6. The number of carbonyl (C=O) groups is 2. The predicted octanol–water partition coefficient (Wildman–Crippen LogP) is 4.90. The van der Waals surface area contributed by atoms with Crippen molar-refractivity contribution in [1.82, 2.24) is 0 Å². The van der Waals surface area contributed by atoms with E-state index in [0.29, 0.717) is 42.3 Å². The van der Waals surface area contributed by atoms with E-state index in [1.54, 1.807) is 42.3 Å². The van der Waals surface area contributed by atoms with Gasteiger partial charge in [-0.1, -0.05) is 15.9 Å². The van der Waals surface area contributed by atoms with Crippen molar-refractivity contribution in [2.24, 2.45) is 0 Å². The fourth-order valence-electron chi connectivity index (χ4n) is 3.41. The third kappa shape index (κ3) is 5.64. The van der Waals surface area contributed by atoms with Crippen LogP contribution in [0.3, 0.4) is 0 Å². The van der Waals surface area contributed by atoms with Crippen LogP contribution in [-0.2, 0) is 4.79 Å². The molecule has 0 atom stereocenters. The van der Waals surface area contributed by atoms with Crippen LogP contribution in [0.4, 0.5) is 11.4 Å². The lowest BCUT2D eigenvalue weighted by atomic mass is 10.1. The van der Waals surface area contributed by atoms with Crippen LogP contribution < -0.4 is 24.4 Å². The molecule has 1 N–H and O–H groups in total. The molecule has 0 aromatic heterocycles. The Morgan fingerprint density at radius 3 is 2.52 bits per heavy atom. The highest BCUT2D eigenvalue weighted by Crippen LogP contribution is 2.35. The summed E-state index contributed by atoms with van der Waals surface area (Å²) < 4.78 is 17.4. The highest BCUT2D eigenvalue weighted by atomic mass is 79.9. The second kappa shape index (κ2) is 10.4. The van der Waals surface area contributed by atoms with Crippen molar-refractivity contribution in [2.45, 2.75) is 6.42 Å². The minimum Gasteiger partial charge on any atom is -0.497 e. The minimum absolute atomic E-state index is 0.0169. The van der Waals surface area contributed by atoms with Gasteiger partial charge in [0.15, 0.2) is 6.61 Å². The Morgan fingerprint density at radius 1 is 1.06 bits per heavy atom. The molecule has 0 bridgehead atoms. The predicted molar refractivity (Wildman–Crippen MR) is 129 cm³/mol. The molecule has 0 saturated carbocycles. The van der Waals surface area contributed by atoms with Gasteiger partial charge in [-0.05, 0) is 73.2 Å². The van der Waals surface area contributed by atoms with Gasteiger partial charge in [0.05, 0.1) is 19.4 Å². The van der Waals surface area contributed by atoms with Gasteiger partial charge in [-0.25, -0.2) is 0 Å². The molecule has 0 unspecified atom stereocenters. The van der Waals surface area contributed by atoms with Crippen LogP contribution in [0.5, 0.6) is 17.2 Å². The van der Waals surface area contributed by atoms with Crippen LogP contribution in [-0.4, -0.2) is 38.7 Å². The molecule has 8 heteroatoms. The quantitative estimate of drug-likeness (QED) is 0.436. The first-order valence-corrected chi connectivity index (χ1v) is 11.2. The highest BCUT2D eigenvalue weighted by molar-refractivity contribution is 9.10. The molecule has 7 nitrogen and oxygen atoms in total. The number of hydrogen-bond donors (Lipinski definition) is 1. The highest BCUT2D eigenvalue weighted by Gasteiger charge is 2.25. The normalized spacial score (nSPS) is 12.5. The number of carbonyl (C=O) groups excluding carboxylic acids is 2. The van der Waals surface area contributed by atoms with Gasteiger partial charge in [-0.3, -0.25) is 9.59 Å². The van der Waals surface area contributed by atoms with Crippen LogP contribution in [0.1, 0.15) is 16.8 Å². The van der Waals surface area contributed by atoms with E-state index in [0.717, 1.165) is 16.0 Å². The lowest BCUT2D eigenvalue weighted by Crippen LogP contribution is -2.39. The number of fused-ring (bicyclic) bond motifs is 1. The topological polar surface area (TPSA) is 77.1 Å². The molecule has 2 amide bonds. The van der Waals surface area contributed by atoms with Gasteiger partial charge < -0.3 is 24.4 Å². The van der Waals surface area contributed by atoms with E-state index in [2.05, 4.69) is 21.2 Å². The molecular formula is C25H23BrN2O5. The summed E-state index contributed by atoms with van der Waals surface area (Å²) in [4.78, 5) is 26.8. The van der Waals surface area contributed by atoms with E-state index in [9.17, 15) is 9.59 Å². The van der Waals surface area contributed by atoms with Gasteiger partial charge in [0.2, 0.25) is 0 Å². The summed E-state index contributed by atoms with van der Waals surface area (Å²) in [5.74, 6) is 1.74. The van der Waals surface area contributed by atoms with Crippen LogP contribution >= 0.6 is 15.9 Å². The standard InChI is InChI=1S/C25H23BrN2O5/c1-31-20-8-10-21(11-9-20)32-14-2-13-28-22-15-19(7-12-23(22)33-16-24(28)29)27-25(30)17-3-5-18(26)6-4-17/h3-12,15H,2,13-14,16H2,1H3,(H,27,30). The SMILES string of the molecule is COc1ccc(OCCCN2C(=O)COc3ccc(NC(=O)c4ccc(Br)cc4)cc32)cc1. The van der Waals surface area contributed by atoms with E-state index < -0.39 is 0 Å². The maximum absolute atomic E-state index is 12.6. The first kappa shape index (κ1) is 22.7. The average Bonchev–Trinajstić information content (AvgIpc) is 2.83.